The second-order valence-electron chi connectivity index (χ2n) is 4.90. The molecular weight excluding hydrogens is 343 g/mol. The van der Waals surface area contributed by atoms with E-state index >= 15 is 0 Å². The number of carbonyl (C=O) groups is 2. The predicted molar refractivity (Wildman–Crippen MR) is 97.6 cm³/mol. The highest BCUT2D eigenvalue weighted by Crippen LogP contribution is 2.10. The fourth-order valence-electron chi connectivity index (χ4n) is 1.87. The predicted octanol–water partition coefficient (Wildman–Crippen LogP) is 3.14. The second kappa shape index (κ2) is 8.70. The molecule has 0 unspecified atom stereocenters. The summed E-state index contributed by atoms with van der Waals surface area (Å²) in [7, 11) is 1.30. The van der Waals surface area contributed by atoms with Crippen LogP contribution in [0.4, 0.5) is 10.1 Å². The third-order valence-corrected chi connectivity index (χ3v) is 3.30. The fraction of sp³-hybridized carbons (Fsp3) is 0.0556. The van der Waals surface area contributed by atoms with Gasteiger partial charge in [0, 0.05) is 11.8 Å². The topological polar surface area (TPSA) is 67.4 Å². The minimum Gasteiger partial charge on any atom is -0.465 e. The maximum absolute atomic E-state index is 12.8. The van der Waals surface area contributed by atoms with Gasteiger partial charge in [-0.25, -0.2) is 9.18 Å². The lowest BCUT2D eigenvalue weighted by Crippen LogP contribution is -2.32. The van der Waals surface area contributed by atoms with Gasteiger partial charge in [0.25, 0.3) is 0 Å². The van der Waals surface area contributed by atoms with Gasteiger partial charge in [0.2, 0.25) is 5.91 Å². The van der Waals surface area contributed by atoms with Gasteiger partial charge in [0.15, 0.2) is 5.11 Å². The number of benzene rings is 2. The fourth-order valence-corrected chi connectivity index (χ4v) is 2.09. The summed E-state index contributed by atoms with van der Waals surface area (Å²) >= 11 is 5.05. The number of anilines is 1. The number of methoxy groups -OCH3 is 1. The molecule has 0 aliphatic carbocycles. The van der Waals surface area contributed by atoms with Crippen LogP contribution in [0.25, 0.3) is 6.08 Å². The molecule has 0 atom stereocenters. The first-order valence-corrected chi connectivity index (χ1v) is 7.63. The number of carbonyl (C=O) groups excluding carboxylic acids is 2. The molecule has 0 spiro atoms. The van der Waals surface area contributed by atoms with Crippen molar-refractivity contribution in [3.63, 3.8) is 0 Å². The van der Waals surface area contributed by atoms with Crippen LogP contribution < -0.4 is 10.6 Å². The Morgan fingerprint density at radius 2 is 1.72 bits per heavy atom. The molecule has 2 aromatic rings. The van der Waals surface area contributed by atoms with Crippen LogP contribution in [0.5, 0.6) is 0 Å². The Kier molecular flexibility index (Phi) is 6.36. The van der Waals surface area contributed by atoms with E-state index in [1.54, 1.807) is 42.5 Å². The maximum atomic E-state index is 12.8. The molecule has 0 aromatic heterocycles. The molecule has 0 saturated heterocycles. The Morgan fingerprint density at radius 1 is 1.08 bits per heavy atom. The molecule has 0 heterocycles. The number of ether oxygens (including phenoxy) is 1. The zero-order chi connectivity index (χ0) is 18.2. The molecule has 2 rings (SSSR count). The van der Waals surface area contributed by atoms with Crippen LogP contribution in [-0.4, -0.2) is 24.1 Å². The number of hydrogen-bond donors (Lipinski definition) is 2. The molecule has 0 aliphatic heterocycles. The number of rotatable bonds is 4. The van der Waals surface area contributed by atoms with Crippen molar-refractivity contribution in [2.75, 3.05) is 12.4 Å². The van der Waals surface area contributed by atoms with Crippen molar-refractivity contribution in [3.05, 3.63) is 71.6 Å². The Labute approximate surface area is 149 Å². The molecule has 0 saturated carbocycles. The lowest BCUT2D eigenvalue weighted by atomic mass is 10.2. The lowest BCUT2D eigenvalue weighted by Gasteiger charge is -2.08. The molecule has 0 aliphatic rings. The number of nitrogens with one attached hydrogen (secondary N) is 2. The van der Waals surface area contributed by atoms with E-state index in [-0.39, 0.29) is 10.9 Å². The highest BCUT2D eigenvalue weighted by atomic mass is 32.1. The van der Waals surface area contributed by atoms with Crippen molar-refractivity contribution < 1.29 is 18.7 Å². The Bertz CT molecular complexity index is 802. The molecule has 25 heavy (non-hydrogen) atoms. The van der Waals surface area contributed by atoms with E-state index in [4.69, 9.17) is 12.2 Å². The van der Waals surface area contributed by atoms with Crippen molar-refractivity contribution in [2.24, 2.45) is 0 Å². The average Bonchev–Trinajstić information content (AvgIpc) is 2.61. The van der Waals surface area contributed by atoms with Crippen LogP contribution >= 0.6 is 12.2 Å². The molecule has 128 valence electrons. The zero-order valence-electron chi connectivity index (χ0n) is 13.3. The average molecular weight is 358 g/mol. The van der Waals surface area contributed by atoms with Gasteiger partial charge in [0.1, 0.15) is 5.82 Å². The normalized spacial score (nSPS) is 10.3. The van der Waals surface area contributed by atoms with Crippen molar-refractivity contribution in [1.82, 2.24) is 5.32 Å². The molecule has 0 bridgehead atoms. The van der Waals surface area contributed by atoms with Crippen molar-refractivity contribution >= 4 is 41.0 Å². The van der Waals surface area contributed by atoms with E-state index in [0.29, 0.717) is 16.8 Å². The van der Waals surface area contributed by atoms with Gasteiger partial charge < -0.3 is 10.1 Å². The number of amides is 1. The summed E-state index contributed by atoms with van der Waals surface area (Å²) in [6, 6.07) is 12.2. The van der Waals surface area contributed by atoms with E-state index in [2.05, 4.69) is 15.4 Å². The van der Waals surface area contributed by atoms with Crippen LogP contribution in [-0.2, 0) is 9.53 Å². The van der Waals surface area contributed by atoms with E-state index in [1.165, 1.54) is 25.3 Å². The first-order chi connectivity index (χ1) is 12.0. The standard InChI is InChI=1S/C18H15FN2O3S/c1-24-17(23)13-5-9-15(10-6-13)20-18(25)21-16(22)11-4-12-2-7-14(19)8-3-12/h2-11H,1H3,(H2,20,21,22,25)/b11-4+. The largest absolute Gasteiger partial charge is 0.465 e. The monoisotopic (exact) mass is 358 g/mol. The SMILES string of the molecule is COC(=O)c1ccc(NC(=S)NC(=O)/C=C/c2ccc(F)cc2)cc1. The van der Waals surface area contributed by atoms with Gasteiger partial charge in [-0.1, -0.05) is 12.1 Å². The highest BCUT2D eigenvalue weighted by molar-refractivity contribution is 7.80. The number of thiocarbonyl (C=S) groups is 1. The summed E-state index contributed by atoms with van der Waals surface area (Å²) in [4.78, 5) is 23.2. The van der Waals surface area contributed by atoms with Crippen LogP contribution in [0.1, 0.15) is 15.9 Å². The smallest absolute Gasteiger partial charge is 0.337 e. The van der Waals surface area contributed by atoms with E-state index in [1.807, 2.05) is 0 Å². The van der Waals surface area contributed by atoms with Gasteiger partial charge in [0.05, 0.1) is 12.7 Å². The summed E-state index contributed by atoms with van der Waals surface area (Å²) in [5, 5.41) is 5.42. The first-order valence-electron chi connectivity index (χ1n) is 7.22. The minimum absolute atomic E-state index is 0.111. The molecule has 7 heteroatoms. The third-order valence-electron chi connectivity index (χ3n) is 3.10. The number of halogens is 1. The molecule has 2 N–H and O–H groups in total. The van der Waals surface area contributed by atoms with Crippen LogP contribution in [0.15, 0.2) is 54.6 Å². The van der Waals surface area contributed by atoms with Gasteiger partial charge >= 0.3 is 5.97 Å². The lowest BCUT2D eigenvalue weighted by molar-refractivity contribution is -0.115. The highest BCUT2D eigenvalue weighted by Gasteiger charge is 2.06. The summed E-state index contributed by atoms with van der Waals surface area (Å²) in [5.74, 6) is -1.20. The van der Waals surface area contributed by atoms with Crippen LogP contribution in [0, 0.1) is 5.82 Å². The molecule has 1 amide bonds. The van der Waals surface area contributed by atoms with Crippen LogP contribution in [0.3, 0.4) is 0 Å². The minimum atomic E-state index is -0.437. The van der Waals surface area contributed by atoms with E-state index in [9.17, 15) is 14.0 Å². The number of hydrogen-bond acceptors (Lipinski definition) is 4. The van der Waals surface area contributed by atoms with Gasteiger partial charge in [-0.3, -0.25) is 10.1 Å². The van der Waals surface area contributed by atoms with Gasteiger partial charge in [-0.15, -0.1) is 0 Å². The first kappa shape index (κ1) is 18.3. The number of esters is 1. The molecule has 0 radical (unpaired) electrons. The van der Waals surface area contributed by atoms with Crippen LogP contribution in [0.2, 0.25) is 0 Å². The van der Waals surface area contributed by atoms with E-state index < -0.39 is 11.9 Å². The Balaban J connectivity index is 1.87. The molecule has 2 aromatic carbocycles. The van der Waals surface area contributed by atoms with Gasteiger partial charge in [-0.05, 0) is 60.3 Å². The summed E-state index contributed by atoms with van der Waals surface area (Å²) in [6.45, 7) is 0. The van der Waals surface area contributed by atoms with E-state index in [0.717, 1.165) is 0 Å². The zero-order valence-corrected chi connectivity index (χ0v) is 14.1. The van der Waals surface area contributed by atoms with Crippen molar-refractivity contribution in [3.8, 4) is 0 Å². The Morgan fingerprint density at radius 3 is 2.32 bits per heavy atom. The summed E-state index contributed by atoms with van der Waals surface area (Å²) in [5.41, 5.74) is 1.71. The van der Waals surface area contributed by atoms with Crippen molar-refractivity contribution in [1.29, 1.82) is 0 Å². The molecular formula is C18H15FN2O3S. The third kappa shape index (κ3) is 5.82. The maximum Gasteiger partial charge on any atom is 0.337 e. The molecule has 5 nitrogen and oxygen atoms in total. The quantitative estimate of drug-likeness (QED) is 0.499. The summed E-state index contributed by atoms with van der Waals surface area (Å²) < 4.78 is 17.4. The second-order valence-corrected chi connectivity index (χ2v) is 5.31. The Hall–Kier alpha value is -3.06. The summed E-state index contributed by atoms with van der Waals surface area (Å²) in [6.07, 6.45) is 2.84. The molecule has 0 fully saturated rings. The van der Waals surface area contributed by atoms with Crippen molar-refractivity contribution in [2.45, 2.75) is 0 Å². The van der Waals surface area contributed by atoms with Gasteiger partial charge in [-0.2, -0.15) is 0 Å².